The minimum absolute atomic E-state index is 0.114. The molecule has 0 unspecified atom stereocenters. The van der Waals surface area contributed by atoms with Crippen LogP contribution in [-0.4, -0.2) is 48.9 Å². The number of nitrogens with one attached hydrogen (secondary N) is 1. The zero-order valence-electron chi connectivity index (χ0n) is 12.9. The minimum Gasteiger partial charge on any atom is -0.480 e. The van der Waals surface area contributed by atoms with Crippen molar-refractivity contribution in [2.24, 2.45) is 0 Å². The Morgan fingerprint density at radius 3 is 2.96 bits per heavy atom. The second-order valence-corrected chi connectivity index (χ2v) is 5.54. The Labute approximate surface area is 133 Å². The second-order valence-electron chi connectivity index (χ2n) is 5.54. The molecule has 1 amide bonds. The molecule has 1 aliphatic rings. The lowest BCUT2D eigenvalue weighted by Gasteiger charge is -2.31. The van der Waals surface area contributed by atoms with Gasteiger partial charge in [0.1, 0.15) is 12.4 Å². The van der Waals surface area contributed by atoms with Gasteiger partial charge in [0.25, 0.3) is 0 Å². The summed E-state index contributed by atoms with van der Waals surface area (Å²) in [6, 6.07) is 4.14. The zero-order valence-corrected chi connectivity index (χ0v) is 12.9. The molecule has 0 radical (unpaired) electrons. The third-order valence-corrected chi connectivity index (χ3v) is 3.65. The average molecular weight is 325 g/mol. The number of carbonyl (C=O) groups is 2. The Morgan fingerprint density at radius 1 is 1.48 bits per heavy atom. The van der Waals surface area contributed by atoms with E-state index in [2.05, 4.69) is 5.32 Å². The fourth-order valence-electron chi connectivity index (χ4n) is 2.49. The maximum atomic E-state index is 13.2. The number of carboxylic acids is 1. The number of carbonyl (C=O) groups excluding carboxylic acids is 1. The topological polar surface area (TPSA) is 84.9 Å². The molecule has 2 N–H and O–H groups in total. The van der Waals surface area contributed by atoms with Gasteiger partial charge >= 0.3 is 5.97 Å². The molecule has 1 aliphatic heterocycles. The first-order valence-corrected chi connectivity index (χ1v) is 7.41. The number of ether oxygens (including phenoxy) is 2. The van der Waals surface area contributed by atoms with Gasteiger partial charge in [-0.1, -0.05) is 12.1 Å². The molecule has 0 spiro atoms. The molecule has 6 nitrogen and oxygen atoms in total. The maximum Gasteiger partial charge on any atom is 0.329 e. The molecule has 1 fully saturated rings. The molecule has 23 heavy (non-hydrogen) atoms. The molecule has 126 valence electrons. The van der Waals surface area contributed by atoms with Crippen molar-refractivity contribution in [2.75, 3.05) is 19.8 Å². The van der Waals surface area contributed by atoms with E-state index in [0.717, 1.165) is 0 Å². The van der Waals surface area contributed by atoms with E-state index in [9.17, 15) is 14.0 Å². The van der Waals surface area contributed by atoms with Crippen molar-refractivity contribution in [3.8, 4) is 0 Å². The van der Waals surface area contributed by atoms with Crippen LogP contribution in [0.5, 0.6) is 0 Å². The van der Waals surface area contributed by atoms with Gasteiger partial charge in [-0.3, -0.25) is 4.79 Å². The van der Waals surface area contributed by atoms with Gasteiger partial charge in [0.05, 0.1) is 25.2 Å². The van der Waals surface area contributed by atoms with Crippen LogP contribution >= 0.6 is 0 Å². The highest BCUT2D eigenvalue weighted by Crippen LogP contribution is 2.13. The number of rotatable bonds is 6. The van der Waals surface area contributed by atoms with Crippen LogP contribution in [0, 0.1) is 12.7 Å². The third-order valence-electron chi connectivity index (χ3n) is 3.65. The normalized spacial score (nSPS) is 21.0. The Balaban J connectivity index is 1.91. The summed E-state index contributed by atoms with van der Waals surface area (Å²) in [6.45, 7) is 1.97. The van der Waals surface area contributed by atoms with Crippen LogP contribution in [-0.2, 0) is 25.5 Å². The number of aliphatic carboxylic acids is 1. The SMILES string of the molecule is Cc1cc(CC(=O)N[C@@H]2COCC[C@@H]2OCC(=O)O)ccc1F. The summed E-state index contributed by atoms with van der Waals surface area (Å²) in [5.74, 6) is -1.60. The summed E-state index contributed by atoms with van der Waals surface area (Å²) in [7, 11) is 0. The fraction of sp³-hybridized carbons (Fsp3) is 0.500. The molecule has 0 bridgehead atoms. The Bertz CT molecular complexity index is 578. The predicted molar refractivity (Wildman–Crippen MR) is 79.6 cm³/mol. The molecule has 2 rings (SSSR count). The van der Waals surface area contributed by atoms with Crippen molar-refractivity contribution in [3.05, 3.63) is 35.1 Å². The van der Waals surface area contributed by atoms with E-state index in [0.29, 0.717) is 24.2 Å². The molecule has 0 saturated carbocycles. The smallest absolute Gasteiger partial charge is 0.329 e. The average Bonchev–Trinajstić information content (AvgIpc) is 2.50. The van der Waals surface area contributed by atoms with Gasteiger partial charge < -0.3 is 19.9 Å². The molecular weight excluding hydrogens is 305 g/mol. The molecule has 2 atom stereocenters. The highest BCUT2D eigenvalue weighted by Gasteiger charge is 2.28. The molecule has 1 heterocycles. The first-order valence-electron chi connectivity index (χ1n) is 7.41. The number of hydrogen-bond acceptors (Lipinski definition) is 4. The summed E-state index contributed by atoms with van der Waals surface area (Å²) >= 11 is 0. The molecule has 0 aliphatic carbocycles. The monoisotopic (exact) mass is 325 g/mol. The van der Waals surface area contributed by atoms with Crippen molar-refractivity contribution in [3.63, 3.8) is 0 Å². The van der Waals surface area contributed by atoms with Crippen molar-refractivity contribution >= 4 is 11.9 Å². The van der Waals surface area contributed by atoms with E-state index in [1.54, 1.807) is 19.1 Å². The van der Waals surface area contributed by atoms with Crippen LogP contribution in [0.15, 0.2) is 18.2 Å². The van der Waals surface area contributed by atoms with E-state index < -0.39 is 24.7 Å². The molecule has 0 aromatic heterocycles. The van der Waals surface area contributed by atoms with Crippen molar-refractivity contribution < 1.29 is 28.6 Å². The van der Waals surface area contributed by atoms with Crippen LogP contribution in [0.3, 0.4) is 0 Å². The van der Waals surface area contributed by atoms with Gasteiger partial charge in [-0.15, -0.1) is 0 Å². The Morgan fingerprint density at radius 2 is 2.26 bits per heavy atom. The van der Waals surface area contributed by atoms with E-state index in [1.165, 1.54) is 6.07 Å². The van der Waals surface area contributed by atoms with E-state index in [-0.39, 0.29) is 24.8 Å². The van der Waals surface area contributed by atoms with E-state index in [1.807, 2.05) is 0 Å². The first kappa shape index (κ1) is 17.4. The van der Waals surface area contributed by atoms with Gasteiger partial charge in [0.2, 0.25) is 5.91 Å². The Kier molecular flexibility index (Phi) is 6.06. The Hall–Kier alpha value is -1.99. The highest BCUT2D eigenvalue weighted by molar-refractivity contribution is 5.79. The zero-order chi connectivity index (χ0) is 16.8. The van der Waals surface area contributed by atoms with Crippen LogP contribution in [0.1, 0.15) is 17.5 Å². The summed E-state index contributed by atoms with van der Waals surface area (Å²) in [5.41, 5.74) is 1.19. The third kappa shape index (κ3) is 5.30. The van der Waals surface area contributed by atoms with Crippen molar-refractivity contribution in [1.29, 1.82) is 0 Å². The van der Waals surface area contributed by atoms with Gasteiger partial charge in [0.15, 0.2) is 0 Å². The quantitative estimate of drug-likeness (QED) is 0.817. The standard InChI is InChI=1S/C16H20FNO5/c1-10-6-11(2-3-12(10)17)7-15(19)18-13-8-22-5-4-14(13)23-9-16(20)21/h2-3,6,13-14H,4-5,7-9H2,1H3,(H,18,19)(H,20,21)/t13-,14+/m1/s1. The number of hydrogen-bond donors (Lipinski definition) is 2. The number of halogens is 1. The van der Waals surface area contributed by atoms with Crippen molar-refractivity contribution in [2.45, 2.75) is 31.9 Å². The summed E-state index contributed by atoms with van der Waals surface area (Å²) in [4.78, 5) is 22.7. The molecular formula is C16H20FNO5. The van der Waals surface area contributed by atoms with E-state index in [4.69, 9.17) is 14.6 Å². The lowest BCUT2D eigenvalue weighted by atomic mass is 10.0. The van der Waals surface area contributed by atoms with Crippen LogP contribution in [0.25, 0.3) is 0 Å². The molecule has 1 aromatic carbocycles. The van der Waals surface area contributed by atoms with Crippen LogP contribution in [0.4, 0.5) is 4.39 Å². The van der Waals surface area contributed by atoms with Gasteiger partial charge in [-0.05, 0) is 30.5 Å². The largest absolute Gasteiger partial charge is 0.480 e. The number of benzene rings is 1. The van der Waals surface area contributed by atoms with Gasteiger partial charge in [0, 0.05) is 6.61 Å². The predicted octanol–water partition coefficient (Wildman–Crippen LogP) is 1.05. The number of amides is 1. The lowest BCUT2D eigenvalue weighted by Crippen LogP contribution is -2.51. The summed E-state index contributed by atoms with van der Waals surface area (Å²) in [5, 5.41) is 11.5. The number of aryl methyl sites for hydroxylation is 1. The number of carboxylic acid groups (broad SMARTS) is 1. The first-order chi connectivity index (χ1) is 11.0. The van der Waals surface area contributed by atoms with Crippen LogP contribution in [0.2, 0.25) is 0 Å². The second kappa shape index (κ2) is 8.03. The fourth-order valence-corrected chi connectivity index (χ4v) is 2.49. The summed E-state index contributed by atoms with van der Waals surface area (Å²) in [6.07, 6.45) is 0.246. The molecule has 1 saturated heterocycles. The summed E-state index contributed by atoms with van der Waals surface area (Å²) < 4.78 is 23.8. The molecule has 1 aromatic rings. The van der Waals surface area contributed by atoms with Crippen LogP contribution < -0.4 is 5.32 Å². The minimum atomic E-state index is -1.05. The van der Waals surface area contributed by atoms with Gasteiger partial charge in [-0.25, -0.2) is 9.18 Å². The van der Waals surface area contributed by atoms with Gasteiger partial charge in [-0.2, -0.15) is 0 Å². The van der Waals surface area contributed by atoms with E-state index >= 15 is 0 Å². The lowest BCUT2D eigenvalue weighted by molar-refractivity contribution is -0.148. The maximum absolute atomic E-state index is 13.2. The highest BCUT2D eigenvalue weighted by atomic mass is 19.1. The van der Waals surface area contributed by atoms with Crippen molar-refractivity contribution in [1.82, 2.24) is 5.32 Å². The molecule has 7 heteroatoms.